The molecule has 1 fully saturated rings. The fraction of sp³-hybridized carbons (Fsp3) is 0.684. The topological polar surface area (TPSA) is 205 Å². The molecule has 1 aromatic rings. The Hall–Kier alpha value is -1.93. The number of rotatable bonds is 15. The van der Waals surface area contributed by atoms with Crippen LogP contribution >= 0.6 is 0 Å². The molecule has 212 valence electrons. The molecule has 0 amide bonds. The fourth-order valence-corrected chi connectivity index (χ4v) is 6.08. The van der Waals surface area contributed by atoms with Crippen LogP contribution in [0.15, 0.2) is 23.1 Å². The van der Waals surface area contributed by atoms with Gasteiger partial charge in [0.1, 0.15) is 4.90 Å². The van der Waals surface area contributed by atoms with Gasteiger partial charge in [0.2, 0.25) is 10.0 Å². The Morgan fingerprint density at radius 3 is 2.00 bits per heavy atom. The number of non-ortho nitro benzene ring substituents is 1. The molecule has 0 spiro atoms. The molecule has 37 heavy (non-hydrogen) atoms. The predicted molar refractivity (Wildman–Crippen MR) is 134 cm³/mol. The predicted octanol–water partition coefficient (Wildman–Crippen LogP) is -0.0903. The number of nitro benzene ring substituents is 1. The number of hydrogen-bond donors (Lipinski definition) is 2. The van der Waals surface area contributed by atoms with E-state index in [1.54, 1.807) is 0 Å². The summed E-state index contributed by atoms with van der Waals surface area (Å²) >= 11 is 0. The third-order valence-corrected chi connectivity index (χ3v) is 9.17. The van der Waals surface area contributed by atoms with Gasteiger partial charge < -0.3 is 9.64 Å². The van der Waals surface area contributed by atoms with Crippen LogP contribution in [0.3, 0.4) is 0 Å². The van der Waals surface area contributed by atoms with Crippen LogP contribution in [0.5, 0.6) is 0 Å². The summed E-state index contributed by atoms with van der Waals surface area (Å²) in [6, 6.07) is 3.18. The van der Waals surface area contributed by atoms with Crippen LogP contribution in [0.1, 0.15) is 12.8 Å². The van der Waals surface area contributed by atoms with E-state index in [2.05, 4.69) is 0 Å². The Morgan fingerprint density at radius 2 is 1.51 bits per heavy atom. The molecule has 2 rings (SSSR count). The molecule has 1 aromatic carbocycles. The lowest BCUT2D eigenvalue weighted by Crippen LogP contribution is -2.42. The van der Waals surface area contributed by atoms with E-state index >= 15 is 0 Å². The van der Waals surface area contributed by atoms with Crippen LogP contribution in [-0.2, 0) is 35.0 Å². The highest BCUT2D eigenvalue weighted by Gasteiger charge is 2.29. The summed E-state index contributed by atoms with van der Waals surface area (Å²) in [6.07, 6.45) is -0.290. The molecule has 0 saturated carbocycles. The molecule has 0 radical (unpaired) electrons. The van der Waals surface area contributed by atoms with Crippen LogP contribution in [0.4, 0.5) is 11.4 Å². The number of hydrogen-bond acceptors (Lipinski definition) is 11. The number of likely N-dealkylation sites (N-methyl/N-ethyl adjacent to an activating group) is 1. The van der Waals surface area contributed by atoms with Crippen molar-refractivity contribution in [3.05, 3.63) is 28.3 Å². The van der Waals surface area contributed by atoms with Gasteiger partial charge in [-0.25, -0.2) is 8.42 Å². The zero-order chi connectivity index (χ0) is 27.9. The summed E-state index contributed by atoms with van der Waals surface area (Å²) in [5.74, 6) is -1.29. The molecule has 1 aliphatic heterocycles. The van der Waals surface area contributed by atoms with Gasteiger partial charge in [0, 0.05) is 58.4 Å². The molecule has 0 atom stereocenters. The number of anilines is 1. The third kappa shape index (κ3) is 10.4. The summed E-state index contributed by atoms with van der Waals surface area (Å²) in [4.78, 5) is 13.6. The number of nitro groups is 1. The van der Waals surface area contributed by atoms with E-state index in [0.717, 1.165) is 16.4 Å². The van der Waals surface area contributed by atoms with E-state index in [-0.39, 0.29) is 38.2 Å². The minimum Gasteiger partial charge on any atom is -0.379 e. The van der Waals surface area contributed by atoms with Crippen molar-refractivity contribution in [3.8, 4) is 0 Å². The number of nitrogens with zero attached hydrogens (tertiary/aromatic N) is 4. The molecule has 0 unspecified atom stereocenters. The van der Waals surface area contributed by atoms with Crippen molar-refractivity contribution >= 4 is 41.6 Å². The Bertz CT molecular complexity index is 1210. The maximum absolute atomic E-state index is 13.5. The summed E-state index contributed by atoms with van der Waals surface area (Å²) in [5, 5.41) is 11.4. The normalized spacial score (nSPS) is 15.7. The summed E-state index contributed by atoms with van der Waals surface area (Å²) in [7, 11) is -11.6. The smallest absolute Gasteiger partial charge is 0.270 e. The number of ether oxygens (including phenoxy) is 1. The molecule has 0 aromatic heterocycles. The zero-order valence-corrected chi connectivity index (χ0v) is 22.7. The average molecular weight is 589 g/mol. The van der Waals surface area contributed by atoms with Crippen molar-refractivity contribution < 1.29 is 44.0 Å². The third-order valence-electron chi connectivity index (χ3n) is 5.68. The van der Waals surface area contributed by atoms with Gasteiger partial charge in [-0.15, -0.1) is 0 Å². The second-order valence-electron chi connectivity index (χ2n) is 8.46. The molecule has 1 saturated heterocycles. The maximum Gasteiger partial charge on any atom is 0.270 e. The zero-order valence-electron chi connectivity index (χ0n) is 20.3. The lowest BCUT2D eigenvalue weighted by atomic mass is 10.2. The summed E-state index contributed by atoms with van der Waals surface area (Å²) < 4.78 is 96.2. The van der Waals surface area contributed by atoms with E-state index in [1.165, 1.54) is 18.0 Å². The first kappa shape index (κ1) is 31.3. The van der Waals surface area contributed by atoms with Crippen LogP contribution in [-0.4, -0.2) is 120 Å². The van der Waals surface area contributed by atoms with Crippen molar-refractivity contribution in [2.45, 2.75) is 17.7 Å². The summed E-state index contributed by atoms with van der Waals surface area (Å²) in [6.45, 7) is 2.54. The minimum atomic E-state index is -4.33. The van der Waals surface area contributed by atoms with Gasteiger partial charge in [0.25, 0.3) is 25.9 Å². The number of morpholine rings is 1. The first-order valence-corrected chi connectivity index (χ1v) is 16.0. The highest BCUT2D eigenvalue weighted by molar-refractivity contribution is 7.89. The Labute approximate surface area is 216 Å². The molecule has 1 heterocycles. The van der Waals surface area contributed by atoms with E-state index < -0.39 is 57.3 Å². The lowest BCUT2D eigenvalue weighted by molar-refractivity contribution is -0.385. The van der Waals surface area contributed by atoms with Crippen LogP contribution in [0.25, 0.3) is 0 Å². The number of sulfonamides is 1. The van der Waals surface area contributed by atoms with Gasteiger partial charge in [-0.05, 0) is 18.9 Å². The SMILES string of the molecule is CN(CCN1CCOCC1)S(=O)(=O)c1cc([N+](=O)[O-])ccc1N(CCCS(=O)(=O)O)CCCS(=O)(=O)O. The molecule has 0 bridgehead atoms. The molecular formula is C19H32N4O11S3. The summed E-state index contributed by atoms with van der Waals surface area (Å²) in [5.41, 5.74) is -0.491. The van der Waals surface area contributed by atoms with Crippen LogP contribution in [0.2, 0.25) is 0 Å². The van der Waals surface area contributed by atoms with E-state index in [1.807, 2.05) is 4.90 Å². The Morgan fingerprint density at radius 1 is 0.973 bits per heavy atom. The molecule has 0 aliphatic carbocycles. The first-order valence-electron chi connectivity index (χ1n) is 11.3. The largest absolute Gasteiger partial charge is 0.379 e. The van der Waals surface area contributed by atoms with Gasteiger partial charge in [-0.3, -0.25) is 24.1 Å². The minimum absolute atomic E-state index is 0.00509. The lowest BCUT2D eigenvalue weighted by Gasteiger charge is -2.30. The van der Waals surface area contributed by atoms with E-state index in [9.17, 15) is 35.4 Å². The van der Waals surface area contributed by atoms with Gasteiger partial charge >= 0.3 is 0 Å². The first-order chi connectivity index (χ1) is 17.1. The van der Waals surface area contributed by atoms with E-state index in [4.69, 9.17) is 13.8 Å². The molecular weight excluding hydrogens is 556 g/mol. The van der Waals surface area contributed by atoms with Gasteiger partial charge in [-0.2, -0.15) is 21.1 Å². The molecule has 15 nitrogen and oxygen atoms in total. The Balaban J connectivity index is 2.40. The quantitative estimate of drug-likeness (QED) is 0.156. The van der Waals surface area contributed by atoms with Gasteiger partial charge in [0.15, 0.2) is 0 Å². The van der Waals surface area contributed by atoms with E-state index in [0.29, 0.717) is 32.8 Å². The van der Waals surface area contributed by atoms with Crippen molar-refractivity contribution in [2.24, 2.45) is 0 Å². The highest BCUT2D eigenvalue weighted by Crippen LogP contribution is 2.32. The second kappa shape index (κ2) is 13.2. The fourth-order valence-electron chi connectivity index (χ4n) is 3.71. The van der Waals surface area contributed by atoms with Crippen molar-refractivity contribution in [1.29, 1.82) is 0 Å². The monoisotopic (exact) mass is 588 g/mol. The maximum atomic E-state index is 13.5. The van der Waals surface area contributed by atoms with Crippen molar-refractivity contribution in [2.75, 3.05) is 75.9 Å². The molecule has 2 N–H and O–H groups in total. The Kier molecular flexibility index (Phi) is 11.2. The van der Waals surface area contributed by atoms with Gasteiger partial charge in [-0.1, -0.05) is 0 Å². The van der Waals surface area contributed by atoms with Crippen molar-refractivity contribution in [1.82, 2.24) is 9.21 Å². The molecule has 1 aliphatic rings. The molecule has 18 heteroatoms. The van der Waals surface area contributed by atoms with Gasteiger partial charge in [0.05, 0.1) is 35.3 Å². The van der Waals surface area contributed by atoms with Crippen molar-refractivity contribution in [3.63, 3.8) is 0 Å². The average Bonchev–Trinajstić information content (AvgIpc) is 2.80. The van der Waals surface area contributed by atoms with Crippen LogP contribution in [0, 0.1) is 10.1 Å². The second-order valence-corrected chi connectivity index (χ2v) is 13.6. The van der Waals surface area contributed by atoms with Crippen LogP contribution < -0.4 is 4.90 Å². The highest BCUT2D eigenvalue weighted by atomic mass is 32.2. The standard InChI is InChI=1S/C19H32N4O11S3/c1-20(8-9-21-10-12-34-13-11-21)37(32,33)19-16-17(23(24)25)4-5-18(19)22(6-2-14-35(26,27)28)7-3-15-36(29,30)31/h4-5,16H,2-3,6-15H2,1H3,(H,26,27,28)(H,29,30,31). The number of benzene rings is 1.